The number of aromatic nitrogens is 1. The van der Waals surface area contributed by atoms with E-state index in [4.69, 9.17) is 0 Å². The van der Waals surface area contributed by atoms with E-state index in [2.05, 4.69) is 9.71 Å². The molecule has 120 valence electrons. The summed E-state index contributed by atoms with van der Waals surface area (Å²) in [7, 11) is -3.60. The van der Waals surface area contributed by atoms with Crippen LogP contribution in [0.15, 0.2) is 40.6 Å². The van der Waals surface area contributed by atoms with E-state index >= 15 is 0 Å². The van der Waals surface area contributed by atoms with Crippen LogP contribution in [-0.2, 0) is 10.0 Å². The predicted octanol–water partition coefficient (Wildman–Crippen LogP) is 4.60. The Labute approximate surface area is 143 Å². The summed E-state index contributed by atoms with van der Waals surface area (Å²) in [5.41, 5.74) is 2.59. The third-order valence-electron chi connectivity index (χ3n) is 3.30. The maximum atomic E-state index is 12.6. The molecular weight excluding hydrogens is 348 g/mol. The molecule has 0 saturated heterocycles. The van der Waals surface area contributed by atoms with Crippen LogP contribution in [0.3, 0.4) is 0 Å². The van der Waals surface area contributed by atoms with Crippen molar-refractivity contribution in [1.82, 2.24) is 4.98 Å². The zero-order chi connectivity index (χ0) is 16.6. The number of thiazole rings is 1. The van der Waals surface area contributed by atoms with Crippen LogP contribution in [0.25, 0.3) is 9.88 Å². The van der Waals surface area contributed by atoms with Gasteiger partial charge in [0.1, 0.15) is 9.90 Å². The van der Waals surface area contributed by atoms with Gasteiger partial charge in [0.05, 0.1) is 4.88 Å². The summed E-state index contributed by atoms with van der Waals surface area (Å²) in [4.78, 5) is 6.37. The Morgan fingerprint density at radius 1 is 1.09 bits per heavy atom. The number of nitrogens with one attached hydrogen (secondary N) is 1. The number of nitrogens with zero attached hydrogens (tertiary/aromatic N) is 1. The first-order valence-corrected chi connectivity index (χ1v) is 10.2. The molecule has 0 amide bonds. The van der Waals surface area contributed by atoms with Gasteiger partial charge in [0.15, 0.2) is 0 Å². The van der Waals surface area contributed by atoms with Crippen LogP contribution in [0.2, 0.25) is 0 Å². The molecule has 0 spiro atoms. The van der Waals surface area contributed by atoms with Crippen molar-refractivity contribution in [3.8, 4) is 9.88 Å². The van der Waals surface area contributed by atoms with Gasteiger partial charge in [-0.1, -0.05) is 17.7 Å². The Bertz CT molecular complexity index is 938. The third-order valence-corrected chi connectivity index (χ3v) is 7.11. The molecule has 4 nitrogen and oxygen atoms in total. The van der Waals surface area contributed by atoms with Gasteiger partial charge < -0.3 is 0 Å². The first kappa shape index (κ1) is 16.2. The summed E-state index contributed by atoms with van der Waals surface area (Å²) >= 11 is 2.97. The molecule has 1 aromatic carbocycles. The minimum absolute atomic E-state index is 0.311. The minimum atomic E-state index is -3.60. The van der Waals surface area contributed by atoms with E-state index in [0.29, 0.717) is 10.6 Å². The molecule has 0 saturated carbocycles. The average Bonchev–Trinajstić information content (AvgIpc) is 3.07. The highest BCUT2D eigenvalue weighted by atomic mass is 32.2. The standard InChI is InChI=1S/C16H16N2O2S3/c1-10-4-6-13(7-5-10)18-23(19,20)15-8-14(22-12(15)3)16-17-11(2)9-21-16/h4-9,18H,1-3H3. The maximum absolute atomic E-state index is 12.6. The Kier molecular flexibility index (Phi) is 4.27. The summed E-state index contributed by atoms with van der Waals surface area (Å²) in [6.45, 7) is 5.71. The Balaban J connectivity index is 1.94. The van der Waals surface area contributed by atoms with Crippen molar-refractivity contribution in [3.05, 3.63) is 51.8 Å². The molecule has 3 aromatic rings. The van der Waals surface area contributed by atoms with Crippen molar-refractivity contribution in [1.29, 1.82) is 0 Å². The lowest BCUT2D eigenvalue weighted by Gasteiger charge is -2.07. The second kappa shape index (κ2) is 6.07. The normalized spacial score (nSPS) is 11.6. The predicted molar refractivity (Wildman–Crippen MR) is 96.9 cm³/mol. The Morgan fingerprint density at radius 2 is 1.78 bits per heavy atom. The van der Waals surface area contributed by atoms with E-state index in [1.165, 1.54) is 22.7 Å². The van der Waals surface area contributed by atoms with Crippen molar-refractivity contribution in [3.63, 3.8) is 0 Å². The summed E-state index contributed by atoms with van der Waals surface area (Å²) in [6.07, 6.45) is 0. The molecule has 2 aromatic heterocycles. The topological polar surface area (TPSA) is 59.1 Å². The summed E-state index contributed by atoms with van der Waals surface area (Å²) in [6, 6.07) is 8.98. The molecule has 2 heterocycles. The van der Waals surface area contributed by atoms with Crippen LogP contribution in [0, 0.1) is 20.8 Å². The molecule has 1 N–H and O–H groups in total. The molecule has 3 rings (SSSR count). The van der Waals surface area contributed by atoms with Crippen LogP contribution in [0.5, 0.6) is 0 Å². The lowest BCUT2D eigenvalue weighted by atomic mass is 10.2. The minimum Gasteiger partial charge on any atom is -0.280 e. The molecule has 0 aliphatic rings. The summed E-state index contributed by atoms with van der Waals surface area (Å²) in [5, 5.41) is 2.82. The monoisotopic (exact) mass is 364 g/mol. The van der Waals surface area contributed by atoms with E-state index in [9.17, 15) is 8.42 Å². The number of rotatable bonds is 4. The molecule has 0 atom stereocenters. The molecular formula is C16H16N2O2S3. The number of hydrogen-bond acceptors (Lipinski definition) is 5. The molecule has 0 bridgehead atoms. The number of benzene rings is 1. The van der Waals surface area contributed by atoms with Gasteiger partial charge in [-0.2, -0.15) is 0 Å². The van der Waals surface area contributed by atoms with E-state index in [1.807, 2.05) is 38.3 Å². The quantitative estimate of drug-likeness (QED) is 0.736. The average molecular weight is 365 g/mol. The first-order chi connectivity index (χ1) is 10.8. The van der Waals surface area contributed by atoms with Gasteiger partial charge in [0.2, 0.25) is 0 Å². The molecule has 23 heavy (non-hydrogen) atoms. The third kappa shape index (κ3) is 3.46. The van der Waals surface area contributed by atoms with Gasteiger partial charge in [-0.15, -0.1) is 22.7 Å². The van der Waals surface area contributed by atoms with Crippen LogP contribution in [0.4, 0.5) is 5.69 Å². The van der Waals surface area contributed by atoms with E-state index in [-0.39, 0.29) is 0 Å². The Morgan fingerprint density at radius 3 is 2.39 bits per heavy atom. The molecule has 7 heteroatoms. The van der Waals surface area contributed by atoms with Crippen LogP contribution >= 0.6 is 22.7 Å². The summed E-state index contributed by atoms with van der Waals surface area (Å²) < 4.78 is 27.9. The number of thiophene rings is 1. The number of sulfonamides is 1. The maximum Gasteiger partial charge on any atom is 0.263 e. The molecule has 0 unspecified atom stereocenters. The molecule has 0 radical (unpaired) electrons. The molecule has 0 aliphatic heterocycles. The second-order valence-corrected chi connectivity index (χ2v) is 9.06. The highest BCUT2D eigenvalue weighted by molar-refractivity contribution is 7.93. The second-order valence-electron chi connectivity index (χ2n) is 5.30. The number of anilines is 1. The van der Waals surface area contributed by atoms with Gasteiger partial charge in [0, 0.05) is 21.6 Å². The lowest BCUT2D eigenvalue weighted by Crippen LogP contribution is -2.13. The van der Waals surface area contributed by atoms with Crippen LogP contribution < -0.4 is 4.72 Å². The van der Waals surface area contributed by atoms with Crippen molar-refractivity contribution >= 4 is 38.4 Å². The van der Waals surface area contributed by atoms with Gasteiger partial charge in [-0.25, -0.2) is 13.4 Å². The van der Waals surface area contributed by atoms with Crippen LogP contribution in [0.1, 0.15) is 16.1 Å². The molecule has 0 aliphatic carbocycles. The summed E-state index contributed by atoms with van der Waals surface area (Å²) in [5.74, 6) is 0. The van der Waals surface area contributed by atoms with Gasteiger partial charge in [-0.05, 0) is 39.0 Å². The largest absolute Gasteiger partial charge is 0.280 e. The highest BCUT2D eigenvalue weighted by Gasteiger charge is 2.21. The van der Waals surface area contributed by atoms with Crippen LogP contribution in [-0.4, -0.2) is 13.4 Å². The van der Waals surface area contributed by atoms with E-state index in [0.717, 1.165) is 26.0 Å². The van der Waals surface area contributed by atoms with Gasteiger partial charge in [-0.3, -0.25) is 4.72 Å². The van der Waals surface area contributed by atoms with Crippen molar-refractivity contribution in [2.24, 2.45) is 0 Å². The fourth-order valence-corrected chi connectivity index (χ4v) is 5.65. The van der Waals surface area contributed by atoms with Crippen molar-refractivity contribution in [2.75, 3.05) is 4.72 Å². The highest BCUT2D eigenvalue weighted by Crippen LogP contribution is 2.35. The SMILES string of the molecule is Cc1ccc(NS(=O)(=O)c2cc(-c3nc(C)cs3)sc2C)cc1. The van der Waals surface area contributed by atoms with Crippen molar-refractivity contribution < 1.29 is 8.42 Å². The van der Waals surface area contributed by atoms with E-state index < -0.39 is 10.0 Å². The van der Waals surface area contributed by atoms with Crippen molar-refractivity contribution in [2.45, 2.75) is 25.7 Å². The lowest BCUT2D eigenvalue weighted by molar-refractivity contribution is 0.601. The zero-order valence-corrected chi connectivity index (χ0v) is 15.4. The van der Waals surface area contributed by atoms with Gasteiger partial charge >= 0.3 is 0 Å². The van der Waals surface area contributed by atoms with E-state index in [1.54, 1.807) is 18.2 Å². The molecule has 0 fully saturated rings. The smallest absolute Gasteiger partial charge is 0.263 e. The number of hydrogen-bond donors (Lipinski definition) is 1. The fourth-order valence-electron chi connectivity index (χ4n) is 2.14. The Hall–Kier alpha value is -1.70. The zero-order valence-electron chi connectivity index (χ0n) is 13.0. The van der Waals surface area contributed by atoms with Gasteiger partial charge in [0.25, 0.3) is 10.0 Å². The first-order valence-electron chi connectivity index (χ1n) is 6.97. The number of aryl methyl sites for hydroxylation is 3. The fraction of sp³-hybridized carbons (Fsp3) is 0.188.